The van der Waals surface area contributed by atoms with E-state index in [4.69, 9.17) is 27.9 Å². The van der Waals surface area contributed by atoms with Crippen LogP contribution in [0.1, 0.15) is 11.1 Å². The molecule has 2 aromatic rings. The third-order valence-electron chi connectivity index (χ3n) is 3.06. The van der Waals surface area contributed by atoms with E-state index in [1.807, 2.05) is 31.3 Å². The van der Waals surface area contributed by atoms with Crippen LogP contribution in [0.4, 0.5) is 0 Å². The van der Waals surface area contributed by atoms with E-state index in [2.05, 4.69) is 17.4 Å². The molecule has 0 aliphatic carbocycles. The van der Waals surface area contributed by atoms with Gasteiger partial charge < -0.3 is 10.1 Å². The number of benzene rings is 2. The van der Waals surface area contributed by atoms with Gasteiger partial charge in [-0.05, 0) is 43.3 Å². The van der Waals surface area contributed by atoms with E-state index in [0.717, 1.165) is 13.0 Å². The van der Waals surface area contributed by atoms with Gasteiger partial charge >= 0.3 is 0 Å². The van der Waals surface area contributed by atoms with Gasteiger partial charge in [0.25, 0.3) is 0 Å². The van der Waals surface area contributed by atoms with Crippen LogP contribution in [0.3, 0.4) is 0 Å². The fourth-order valence-electron chi connectivity index (χ4n) is 1.95. The standard InChI is InChI=1S/C16H17Cl2NO/c1-19-10-9-12-5-2-3-6-13(12)11-20-15-8-4-7-14(17)16(15)18/h2-8,19H,9-11H2,1H3. The average molecular weight is 310 g/mol. The highest BCUT2D eigenvalue weighted by Gasteiger charge is 2.07. The molecule has 2 nitrogen and oxygen atoms in total. The largest absolute Gasteiger partial charge is 0.487 e. The van der Waals surface area contributed by atoms with Crippen LogP contribution in [0.15, 0.2) is 42.5 Å². The predicted molar refractivity (Wildman–Crippen MR) is 84.9 cm³/mol. The van der Waals surface area contributed by atoms with Crippen molar-refractivity contribution >= 4 is 23.2 Å². The number of likely N-dealkylation sites (N-methyl/N-ethyl adjacent to an activating group) is 1. The number of hydrogen-bond donors (Lipinski definition) is 1. The molecule has 0 unspecified atom stereocenters. The molecule has 106 valence electrons. The lowest BCUT2D eigenvalue weighted by Gasteiger charge is -2.12. The predicted octanol–water partition coefficient (Wildman–Crippen LogP) is 4.33. The third-order valence-corrected chi connectivity index (χ3v) is 3.86. The molecule has 0 saturated heterocycles. The van der Waals surface area contributed by atoms with Crippen LogP contribution < -0.4 is 10.1 Å². The smallest absolute Gasteiger partial charge is 0.139 e. The van der Waals surface area contributed by atoms with Crippen LogP contribution in [0, 0.1) is 0 Å². The first-order valence-corrected chi connectivity index (χ1v) is 7.26. The first-order chi connectivity index (χ1) is 9.72. The van der Waals surface area contributed by atoms with Crippen molar-refractivity contribution in [2.75, 3.05) is 13.6 Å². The van der Waals surface area contributed by atoms with Gasteiger partial charge in [0.15, 0.2) is 0 Å². The fourth-order valence-corrected chi connectivity index (χ4v) is 2.30. The second-order valence-corrected chi connectivity index (χ2v) is 5.25. The molecular formula is C16H17Cl2NO. The quantitative estimate of drug-likeness (QED) is 0.857. The van der Waals surface area contributed by atoms with Crippen LogP contribution in [-0.4, -0.2) is 13.6 Å². The summed E-state index contributed by atoms with van der Waals surface area (Å²) in [5, 5.41) is 4.12. The van der Waals surface area contributed by atoms with Crippen molar-refractivity contribution in [1.29, 1.82) is 0 Å². The summed E-state index contributed by atoms with van der Waals surface area (Å²) in [6.45, 7) is 1.43. The summed E-state index contributed by atoms with van der Waals surface area (Å²) in [4.78, 5) is 0. The van der Waals surface area contributed by atoms with Crippen molar-refractivity contribution in [1.82, 2.24) is 5.32 Å². The molecule has 0 aliphatic rings. The summed E-state index contributed by atoms with van der Waals surface area (Å²) in [5.41, 5.74) is 2.44. The SMILES string of the molecule is CNCCc1ccccc1COc1cccc(Cl)c1Cl. The molecule has 2 aromatic carbocycles. The van der Waals surface area contributed by atoms with Gasteiger partial charge in [0, 0.05) is 0 Å². The summed E-state index contributed by atoms with van der Waals surface area (Å²) in [6.07, 6.45) is 0.972. The molecule has 0 aliphatic heterocycles. The highest BCUT2D eigenvalue weighted by Crippen LogP contribution is 2.32. The molecule has 4 heteroatoms. The molecule has 1 N–H and O–H groups in total. The molecule has 20 heavy (non-hydrogen) atoms. The van der Waals surface area contributed by atoms with Gasteiger partial charge in [0.05, 0.1) is 5.02 Å². The molecule has 0 spiro atoms. The van der Waals surface area contributed by atoms with Crippen LogP contribution in [-0.2, 0) is 13.0 Å². The Balaban J connectivity index is 2.09. The minimum Gasteiger partial charge on any atom is -0.487 e. The first kappa shape index (κ1) is 15.2. The number of hydrogen-bond acceptors (Lipinski definition) is 2. The van der Waals surface area contributed by atoms with Crippen molar-refractivity contribution < 1.29 is 4.74 Å². The Kier molecular flexibility index (Phi) is 5.72. The summed E-state index contributed by atoms with van der Waals surface area (Å²) in [7, 11) is 1.95. The number of nitrogens with one attached hydrogen (secondary N) is 1. The monoisotopic (exact) mass is 309 g/mol. The Hall–Kier alpha value is -1.22. The summed E-state index contributed by atoms with van der Waals surface area (Å²) < 4.78 is 5.79. The highest BCUT2D eigenvalue weighted by atomic mass is 35.5. The lowest BCUT2D eigenvalue weighted by Crippen LogP contribution is -2.12. The maximum absolute atomic E-state index is 6.12. The number of ether oxygens (including phenoxy) is 1. The zero-order valence-electron chi connectivity index (χ0n) is 11.3. The van der Waals surface area contributed by atoms with Crippen molar-refractivity contribution in [3.63, 3.8) is 0 Å². The van der Waals surface area contributed by atoms with E-state index < -0.39 is 0 Å². The van der Waals surface area contributed by atoms with E-state index in [9.17, 15) is 0 Å². The van der Waals surface area contributed by atoms with E-state index in [-0.39, 0.29) is 0 Å². The summed E-state index contributed by atoms with van der Waals surface area (Å²) in [6, 6.07) is 13.7. The fraction of sp³-hybridized carbons (Fsp3) is 0.250. The molecule has 0 bridgehead atoms. The Morgan fingerprint density at radius 2 is 1.75 bits per heavy atom. The first-order valence-electron chi connectivity index (χ1n) is 6.50. The molecule has 0 fully saturated rings. The van der Waals surface area contributed by atoms with Gasteiger partial charge in [-0.15, -0.1) is 0 Å². The van der Waals surface area contributed by atoms with E-state index >= 15 is 0 Å². The second kappa shape index (κ2) is 7.53. The Morgan fingerprint density at radius 1 is 1.00 bits per heavy atom. The Morgan fingerprint density at radius 3 is 2.50 bits per heavy atom. The average Bonchev–Trinajstić information content (AvgIpc) is 2.47. The zero-order valence-corrected chi connectivity index (χ0v) is 12.8. The molecule has 0 heterocycles. The minimum atomic E-state index is 0.460. The lowest BCUT2D eigenvalue weighted by atomic mass is 10.1. The third kappa shape index (κ3) is 3.89. The van der Waals surface area contributed by atoms with Crippen LogP contribution in [0.2, 0.25) is 10.0 Å². The van der Waals surface area contributed by atoms with Crippen LogP contribution in [0.25, 0.3) is 0 Å². The Bertz CT molecular complexity index is 572. The topological polar surface area (TPSA) is 21.3 Å². The van der Waals surface area contributed by atoms with Crippen molar-refractivity contribution in [3.05, 3.63) is 63.6 Å². The number of halogens is 2. The van der Waals surface area contributed by atoms with Crippen molar-refractivity contribution in [2.24, 2.45) is 0 Å². The van der Waals surface area contributed by atoms with Gasteiger partial charge in [0.2, 0.25) is 0 Å². The molecule has 0 atom stereocenters. The summed E-state index contributed by atoms with van der Waals surface area (Å²) in [5.74, 6) is 0.614. The highest BCUT2D eigenvalue weighted by molar-refractivity contribution is 6.42. The van der Waals surface area contributed by atoms with Gasteiger partial charge in [-0.25, -0.2) is 0 Å². The molecule has 2 rings (SSSR count). The molecule has 0 saturated carbocycles. The molecule has 0 radical (unpaired) electrons. The zero-order chi connectivity index (χ0) is 14.4. The molecule has 0 amide bonds. The van der Waals surface area contributed by atoms with E-state index in [1.165, 1.54) is 11.1 Å². The van der Waals surface area contributed by atoms with Crippen molar-refractivity contribution in [3.8, 4) is 5.75 Å². The lowest BCUT2D eigenvalue weighted by molar-refractivity contribution is 0.305. The van der Waals surface area contributed by atoms with Gasteiger partial charge in [-0.3, -0.25) is 0 Å². The maximum atomic E-state index is 6.12. The Labute approximate surface area is 129 Å². The number of rotatable bonds is 6. The minimum absolute atomic E-state index is 0.460. The van der Waals surface area contributed by atoms with Crippen LogP contribution in [0.5, 0.6) is 5.75 Å². The molecular weight excluding hydrogens is 293 g/mol. The second-order valence-electron chi connectivity index (χ2n) is 4.46. The van der Waals surface area contributed by atoms with Crippen LogP contribution >= 0.6 is 23.2 Å². The van der Waals surface area contributed by atoms with Crippen molar-refractivity contribution in [2.45, 2.75) is 13.0 Å². The molecule has 0 aromatic heterocycles. The maximum Gasteiger partial charge on any atom is 0.139 e. The van der Waals surface area contributed by atoms with Gasteiger partial charge in [-0.1, -0.05) is 53.5 Å². The van der Waals surface area contributed by atoms with E-state index in [0.29, 0.717) is 22.4 Å². The summed E-state index contributed by atoms with van der Waals surface area (Å²) >= 11 is 12.1. The van der Waals surface area contributed by atoms with Gasteiger partial charge in [-0.2, -0.15) is 0 Å². The van der Waals surface area contributed by atoms with Gasteiger partial charge in [0.1, 0.15) is 17.4 Å². The normalized spacial score (nSPS) is 10.6. The van der Waals surface area contributed by atoms with E-state index in [1.54, 1.807) is 6.07 Å².